The second kappa shape index (κ2) is 2.35. The first-order valence-corrected chi connectivity index (χ1v) is 4.99. The van der Waals surface area contributed by atoms with Gasteiger partial charge in [-0.3, -0.25) is 0 Å². The van der Waals surface area contributed by atoms with Crippen LogP contribution in [0.4, 0.5) is 0 Å². The van der Waals surface area contributed by atoms with Gasteiger partial charge in [0.15, 0.2) is 14.9 Å². The molecule has 1 fully saturated rings. The third-order valence-corrected chi connectivity index (χ3v) is 3.19. The van der Waals surface area contributed by atoms with Crippen LogP contribution in [0.15, 0.2) is 0 Å². The third-order valence-electron chi connectivity index (χ3n) is 1.26. The molecule has 0 bridgehead atoms. The van der Waals surface area contributed by atoms with Crippen molar-refractivity contribution < 1.29 is 8.42 Å². The van der Waals surface area contributed by atoms with Gasteiger partial charge in [0.25, 0.3) is 0 Å². The van der Waals surface area contributed by atoms with E-state index in [1.807, 2.05) is 0 Å². The van der Waals surface area contributed by atoms with E-state index in [0.29, 0.717) is 0 Å². The van der Waals surface area contributed by atoms with E-state index in [4.69, 9.17) is 5.73 Å². The maximum atomic E-state index is 10.6. The smallest absolute Gasteiger partial charge is 0.163 e. The molecule has 58 valence electrons. The average Bonchev–Trinajstić information content (AvgIpc) is 1.57. The molecule has 4 nitrogen and oxygen atoms in total. The van der Waals surface area contributed by atoms with Gasteiger partial charge in [0.1, 0.15) is 0 Å². The van der Waals surface area contributed by atoms with Crippen molar-refractivity contribution in [2.45, 2.75) is 6.04 Å². The van der Waals surface area contributed by atoms with Crippen molar-refractivity contribution in [3.05, 3.63) is 0 Å². The van der Waals surface area contributed by atoms with Crippen molar-refractivity contribution >= 4 is 27.2 Å². The summed E-state index contributed by atoms with van der Waals surface area (Å²) < 4.78 is 21.1. The van der Waals surface area contributed by atoms with Crippen molar-refractivity contribution in [2.75, 3.05) is 11.5 Å². The van der Waals surface area contributed by atoms with Crippen LogP contribution in [-0.2, 0) is 9.84 Å². The van der Waals surface area contributed by atoms with E-state index < -0.39 is 9.84 Å². The molecule has 10 heavy (non-hydrogen) atoms. The van der Waals surface area contributed by atoms with Gasteiger partial charge < -0.3 is 11.1 Å². The molecule has 1 heterocycles. The first-order valence-electron chi connectivity index (χ1n) is 2.76. The van der Waals surface area contributed by atoms with E-state index in [9.17, 15) is 8.42 Å². The van der Waals surface area contributed by atoms with Crippen LogP contribution in [0.5, 0.6) is 0 Å². The topological polar surface area (TPSA) is 72.2 Å². The van der Waals surface area contributed by atoms with Crippen LogP contribution in [0.2, 0.25) is 0 Å². The quantitative estimate of drug-likeness (QED) is 0.486. The molecule has 0 radical (unpaired) electrons. The Morgan fingerprint density at radius 3 is 2.40 bits per heavy atom. The monoisotopic (exact) mass is 180 g/mol. The van der Waals surface area contributed by atoms with Crippen molar-refractivity contribution in [1.29, 1.82) is 0 Å². The Balaban J connectivity index is 2.34. The van der Waals surface area contributed by atoms with Gasteiger partial charge in [-0.1, -0.05) is 0 Å². The Kier molecular flexibility index (Phi) is 1.82. The van der Waals surface area contributed by atoms with Gasteiger partial charge in [0.2, 0.25) is 0 Å². The molecule has 1 aliphatic heterocycles. The zero-order chi connectivity index (χ0) is 7.78. The lowest BCUT2D eigenvalue weighted by molar-refractivity contribution is 0.551. The molecule has 0 aromatic carbocycles. The highest BCUT2D eigenvalue weighted by Crippen LogP contribution is 2.09. The highest BCUT2D eigenvalue weighted by Gasteiger charge is 2.33. The molecule has 0 amide bonds. The number of sulfone groups is 1. The molecule has 0 atom stereocenters. The standard InChI is InChI=1S/C4H8N2O2S2/c5-4(9)6-3-1-10(7,8)2-3/h3H,1-2H2,(H3,5,6,9). The van der Waals surface area contributed by atoms with Gasteiger partial charge in [-0.2, -0.15) is 0 Å². The Hall–Kier alpha value is -0.360. The fraction of sp³-hybridized carbons (Fsp3) is 0.750. The minimum absolute atomic E-state index is 0.0532. The molecule has 0 aromatic rings. The lowest BCUT2D eigenvalue weighted by Gasteiger charge is -2.26. The second-order valence-electron chi connectivity index (χ2n) is 2.28. The van der Waals surface area contributed by atoms with Gasteiger partial charge in [0, 0.05) is 0 Å². The summed E-state index contributed by atoms with van der Waals surface area (Å²) in [4.78, 5) is 0. The summed E-state index contributed by atoms with van der Waals surface area (Å²) in [6.45, 7) is 0. The first kappa shape index (κ1) is 7.74. The van der Waals surface area contributed by atoms with Crippen molar-refractivity contribution in [2.24, 2.45) is 5.73 Å². The normalized spacial score (nSPS) is 23.2. The summed E-state index contributed by atoms with van der Waals surface area (Å²) >= 11 is 4.52. The van der Waals surface area contributed by atoms with Crippen molar-refractivity contribution in [1.82, 2.24) is 5.32 Å². The zero-order valence-corrected chi connectivity index (χ0v) is 6.83. The molecular weight excluding hydrogens is 172 g/mol. The third kappa shape index (κ3) is 1.81. The summed E-state index contributed by atoms with van der Waals surface area (Å²) in [5.41, 5.74) is 5.12. The minimum Gasteiger partial charge on any atom is -0.376 e. The molecule has 1 aliphatic rings. The van der Waals surface area contributed by atoms with Crippen LogP contribution in [0.3, 0.4) is 0 Å². The van der Waals surface area contributed by atoms with Gasteiger partial charge in [-0.15, -0.1) is 0 Å². The molecule has 6 heteroatoms. The SMILES string of the molecule is NC(=S)NC1CS(=O)(=O)C1. The maximum absolute atomic E-state index is 10.6. The number of thiocarbonyl (C=S) groups is 1. The minimum atomic E-state index is -2.75. The molecule has 3 N–H and O–H groups in total. The fourth-order valence-electron chi connectivity index (χ4n) is 0.849. The molecule has 1 saturated heterocycles. The van der Waals surface area contributed by atoms with E-state index >= 15 is 0 Å². The summed E-state index contributed by atoms with van der Waals surface area (Å²) in [5.74, 6) is 0.314. The van der Waals surface area contributed by atoms with E-state index in [1.165, 1.54) is 0 Å². The Morgan fingerprint density at radius 2 is 2.10 bits per heavy atom. The molecule has 1 rings (SSSR count). The lowest BCUT2D eigenvalue weighted by Crippen LogP contribution is -2.54. The number of hydrogen-bond acceptors (Lipinski definition) is 3. The highest BCUT2D eigenvalue weighted by atomic mass is 32.2. The van der Waals surface area contributed by atoms with Crippen LogP contribution in [-0.4, -0.2) is 31.1 Å². The number of nitrogens with one attached hydrogen (secondary N) is 1. The van der Waals surface area contributed by atoms with Crippen LogP contribution in [0.1, 0.15) is 0 Å². The Bertz CT molecular complexity index is 234. The molecule has 0 unspecified atom stereocenters. The summed E-state index contributed by atoms with van der Waals surface area (Å²) in [5, 5.41) is 2.83. The molecule has 0 aromatic heterocycles. The van der Waals surface area contributed by atoms with E-state index in [1.54, 1.807) is 0 Å². The zero-order valence-electron chi connectivity index (χ0n) is 5.20. The highest BCUT2D eigenvalue weighted by molar-refractivity contribution is 7.92. The summed E-state index contributed by atoms with van der Waals surface area (Å²) in [6.07, 6.45) is 0. The summed E-state index contributed by atoms with van der Waals surface area (Å²) in [6, 6.07) is -0.0532. The first-order chi connectivity index (χ1) is 4.49. The van der Waals surface area contributed by atoms with Gasteiger partial charge in [-0.25, -0.2) is 8.42 Å². The second-order valence-corrected chi connectivity index (χ2v) is 4.88. The maximum Gasteiger partial charge on any atom is 0.163 e. The van der Waals surface area contributed by atoms with E-state index in [-0.39, 0.29) is 22.7 Å². The number of hydrogen-bond donors (Lipinski definition) is 2. The van der Waals surface area contributed by atoms with E-state index in [0.717, 1.165) is 0 Å². The van der Waals surface area contributed by atoms with E-state index in [2.05, 4.69) is 17.5 Å². The predicted octanol–water partition coefficient (Wildman–Crippen LogP) is -1.38. The van der Waals surface area contributed by atoms with Crippen molar-refractivity contribution in [3.63, 3.8) is 0 Å². The van der Waals surface area contributed by atoms with Crippen LogP contribution >= 0.6 is 12.2 Å². The van der Waals surface area contributed by atoms with Crippen LogP contribution in [0, 0.1) is 0 Å². The fourth-order valence-corrected chi connectivity index (χ4v) is 2.31. The van der Waals surface area contributed by atoms with Crippen molar-refractivity contribution in [3.8, 4) is 0 Å². The molecule has 0 aliphatic carbocycles. The lowest BCUT2D eigenvalue weighted by atomic mass is 10.4. The van der Waals surface area contributed by atoms with Crippen LogP contribution < -0.4 is 11.1 Å². The van der Waals surface area contributed by atoms with Crippen LogP contribution in [0.25, 0.3) is 0 Å². The summed E-state index contributed by atoms with van der Waals surface area (Å²) in [7, 11) is -2.75. The molecular formula is C4H8N2O2S2. The van der Waals surface area contributed by atoms with Gasteiger partial charge >= 0.3 is 0 Å². The Morgan fingerprint density at radius 1 is 1.60 bits per heavy atom. The average molecular weight is 180 g/mol. The van der Waals surface area contributed by atoms with Gasteiger partial charge in [-0.05, 0) is 12.2 Å². The largest absolute Gasteiger partial charge is 0.376 e. The molecule has 0 spiro atoms. The Labute approximate surface area is 64.7 Å². The predicted molar refractivity (Wildman–Crippen MR) is 42.4 cm³/mol. The molecule has 0 saturated carbocycles. The number of rotatable bonds is 1. The van der Waals surface area contributed by atoms with Gasteiger partial charge in [0.05, 0.1) is 17.5 Å². The number of nitrogens with two attached hydrogens (primary N) is 1.